The average Bonchev–Trinajstić information content (AvgIpc) is 2.26. The fourth-order valence-corrected chi connectivity index (χ4v) is 1.37. The van der Waals surface area contributed by atoms with E-state index in [1.165, 1.54) is 0 Å². The van der Waals surface area contributed by atoms with Gasteiger partial charge in [0.1, 0.15) is 11.2 Å². The average molecular weight is 290 g/mol. The number of pyridine rings is 1. The highest BCUT2D eigenvalue weighted by molar-refractivity contribution is 6.29. The number of nitrogens with zero attached hydrogens (tertiary/aromatic N) is 2. The number of aromatic nitrogens is 1. The zero-order valence-corrected chi connectivity index (χ0v) is 9.99. The van der Waals surface area contributed by atoms with Gasteiger partial charge in [-0.15, -0.1) is 0 Å². The van der Waals surface area contributed by atoms with Gasteiger partial charge in [-0.1, -0.05) is 11.6 Å². The first-order valence-corrected chi connectivity index (χ1v) is 5.21. The van der Waals surface area contributed by atoms with Crippen LogP contribution in [-0.4, -0.2) is 38.1 Å². The third kappa shape index (κ3) is 4.07. The van der Waals surface area contributed by atoms with E-state index in [0.29, 0.717) is 0 Å². The lowest BCUT2D eigenvalue weighted by Crippen LogP contribution is -2.32. The summed E-state index contributed by atoms with van der Waals surface area (Å²) in [6.07, 6.45) is -0.763. The zero-order valence-electron chi connectivity index (χ0n) is 9.24. The quantitative estimate of drug-likeness (QED) is 0.399. The molecule has 0 radical (unpaired) electrons. The monoisotopic (exact) mass is 289 g/mol. The summed E-state index contributed by atoms with van der Waals surface area (Å²) in [4.78, 5) is 34.9. The van der Waals surface area contributed by atoms with E-state index >= 15 is 0 Å². The first-order chi connectivity index (χ1) is 8.81. The van der Waals surface area contributed by atoms with E-state index in [1.807, 2.05) is 0 Å². The Kier molecular flexibility index (Phi) is 4.59. The van der Waals surface area contributed by atoms with Crippen LogP contribution in [0.15, 0.2) is 12.1 Å². The first kappa shape index (κ1) is 14.6. The summed E-state index contributed by atoms with van der Waals surface area (Å²) in [6, 6.07) is 0.650. The number of carbonyl (C=O) groups is 2. The van der Waals surface area contributed by atoms with Crippen LogP contribution < -0.4 is 5.32 Å². The van der Waals surface area contributed by atoms with Gasteiger partial charge < -0.3 is 15.5 Å². The van der Waals surface area contributed by atoms with Gasteiger partial charge in [-0.3, -0.25) is 14.9 Å². The molecule has 0 aliphatic rings. The second-order valence-corrected chi connectivity index (χ2v) is 3.78. The van der Waals surface area contributed by atoms with Crippen molar-refractivity contribution in [3.63, 3.8) is 0 Å². The second-order valence-electron chi connectivity index (χ2n) is 3.39. The van der Waals surface area contributed by atoms with Crippen molar-refractivity contribution in [2.24, 2.45) is 0 Å². The van der Waals surface area contributed by atoms with Gasteiger partial charge >= 0.3 is 17.6 Å². The van der Waals surface area contributed by atoms with Crippen LogP contribution in [-0.2, 0) is 9.59 Å². The molecule has 0 spiro atoms. The minimum atomic E-state index is -1.55. The third-order valence-electron chi connectivity index (χ3n) is 2.02. The number of anilines is 1. The minimum absolute atomic E-state index is 0.0902. The van der Waals surface area contributed by atoms with Crippen LogP contribution in [0, 0.1) is 10.1 Å². The highest BCUT2D eigenvalue weighted by Crippen LogP contribution is 2.24. The van der Waals surface area contributed by atoms with Crippen molar-refractivity contribution in [3.8, 4) is 0 Å². The Morgan fingerprint density at radius 1 is 1.47 bits per heavy atom. The van der Waals surface area contributed by atoms with E-state index in [2.05, 4.69) is 10.3 Å². The zero-order chi connectivity index (χ0) is 14.6. The molecule has 1 heterocycles. The molecular weight excluding hydrogens is 282 g/mol. The Labute approximate surface area is 111 Å². The lowest BCUT2D eigenvalue weighted by Gasteiger charge is -2.12. The SMILES string of the molecule is O=C(O)C[C@H](Nc1nc(Cl)ccc1[N+](=O)[O-])C(=O)O. The fraction of sp³-hybridized carbons (Fsp3) is 0.222. The molecule has 102 valence electrons. The summed E-state index contributed by atoms with van der Waals surface area (Å²) in [6.45, 7) is 0. The molecule has 0 aliphatic heterocycles. The van der Waals surface area contributed by atoms with Gasteiger partial charge in [0.15, 0.2) is 0 Å². The number of rotatable bonds is 6. The Hall–Kier alpha value is -2.42. The molecule has 10 heteroatoms. The van der Waals surface area contributed by atoms with E-state index in [-0.39, 0.29) is 5.15 Å². The van der Waals surface area contributed by atoms with Gasteiger partial charge in [0.25, 0.3) is 0 Å². The van der Waals surface area contributed by atoms with Crippen molar-refractivity contribution in [1.82, 2.24) is 4.98 Å². The normalized spacial score (nSPS) is 11.6. The molecular formula is C9H8ClN3O6. The van der Waals surface area contributed by atoms with E-state index in [0.717, 1.165) is 12.1 Å². The van der Waals surface area contributed by atoms with Crippen LogP contribution in [0.1, 0.15) is 6.42 Å². The summed E-state index contributed by atoms with van der Waals surface area (Å²) < 4.78 is 0. The van der Waals surface area contributed by atoms with Crippen molar-refractivity contribution in [2.45, 2.75) is 12.5 Å². The Morgan fingerprint density at radius 3 is 2.58 bits per heavy atom. The van der Waals surface area contributed by atoms with Gasteiger partial charge in [0.05, 0.1) is 11.3 Å². The number of halogens is 1. The predicted molar refractivity (Wildman–Crippen MR) is 63.2 cm³/mol. The molecule has 9 nitrogen and oxygen atoms in total. The summed E-state index contributed by atoms with van der Waals surface area (Å²) in [5.41, 5.74) is -0.499. The number of carboxylic acid groups (broad SMARTS) is 2. The number of hydrogen-bond acceptors (Lipinski definition) is 6. The standard InChI is InChI=1S/C9H8ClN3O6/c10-6-2-1-5(13(18)19)8(12-6)11-4(9(16)17)3-7(14)15/h1-2,4H,3H2,(H,11,12)(H,14,15)(H,16,17)/t4-/m0/s1. The summed E-state index contributed by atoms with van der Waals surface area (Å²) >= 11 is 5.55. The van der Waals surface area contributed by atoms with Crippen LogP contribution in [0.5, 0.6) is 0 Å². The smallest absolute Gasteiger partial charge is 0.326 e. The van der Waals surface area contributed by atoms with Gasteiger partial charge in [0, 0.05) is 6.07 Å². The Morgan fingerprint density at radius 2 is 2.11 bits per heavy atom. The molecule has 1 rings (SSSR count). The number of nitro groups is 1. The highest BCUT2D eigenvalue weighted by Gasteiger charge is 2.25. The number of carboxylic acids is 2. The highest BCUT2D eigenvalue weighted by atomic mass is 35.5. The van der Waals surface area contributed by atoms with Gasteiger partial charge in [-0.2, -0.15) is 0 Å². The van der Waals surface area contributed by atoms with E-state index in [9.17, 15) is 19.7 Å². The second kappa shape index (κ2) is 5.96. The maximum Gasteiger partial charge on any atom is 0.326 e. The first-order valence-electron chi connectivity index (χ1n) is 4.83. The number of nitrogens with one attached hydrogen (secondary N) is 1. The van der Waals surface area contributed by atoms with Gasteiger partial charge in [-0.05, 0) is 6.07 Å². The maximum atomic E-state index is 10.8. The van der Waals surface area contributed by atoms with Crippen LogP contribution in [0.25, 0.3) is 0 Å². The van der Waals surface area contributed by atoms with E-state index < -0.39 is 40.8 Å². The Balaban J connectivity index is 3.07. The van der Waals surface area contributed by atoms with Crippen molar-refractivity contribution in [2.75, 3.05) is 5.32 Å². The molecule has 0 aromatic carbocycles. The summed E-state index contributed by atoms with van der Waals surface area (Å²) in [5, 5.41) is 30.2. The third-order valence-corrected chi connectivity index (χ3v) is 2.23. The van der Waals surface area contributed by atoms with Crippen LogP contribution in [0.3, 0.4) is 0 Å². The Bertz CT molecular complexity index is 535. The molecule has 3 N–H and O–H groups in total. The number of aliphatic carboxylic acids is 2. The maximum absolute atomic E-state index is 10.8. The molecule has 1 aromatic rings. The predicted octanol–water partition coefficient (Wildman–Crippen LogP) is 0.983. The summed E-state index contributed by atoms with van der Waals surface area (Å²) in [7, 11) is 0. The van der Waals surface area contributed by atoms with Crippen molar-refractivity contribution in [1.29, 1.82) is 0 Å². The number of hydrogen-bond donors (Lipinski definition) is 3. The topological polar surface area (TPSA) is 143 Å². The molecule has 0 saturated carbocycles. The van der Waals surface area contributed by atoms with Gasteiger partial charge in [-0.25, -0.2) is 9.78 Å². The molecule has 1 aromatic heterocycles. The minimum Gasteiger partial charge on any atom is -0.481 e. The van der Waals surface area contributed by atoms with Crippen LogP contribution in [0.4, 0.5) is 11.5 Å². The van der Waals surface area contributed by atoms with Crippen molar-refractivity contribution < 1.29 is 24.7 Å². The fourth-order valence-electron chi connectivity index (χ4n) is 1.22. The van der Waals surface area contributed by atoms with Crippen LogP contribution in [0.2, 0.25) is 5.15 Å². The van der Waals surface area contributed by atoms with Gasteiger partial charge in [0.2, 0.25) is 5.82 Å². The molecule has 19 heavy (non-hydrogen) atoms. The molecule has 0 unspecified atom stereocenters. The van der Waals surface area contributed by atoms with Crippen molar-refractivity contribution in [3.05, 3.63) is 27.4 Å². The molecule has 1 atom stereocenters. The molecule has 0 saturated heterocycles. The molecule has 0 bridgehead atoms. The molecule has 0 fully saturated rings. The van der Waals surface area contributed by atoms with Crippen molar-refractivity contribution >= 4 is 35.0 Å². The lowest BCUT2D eigenvalue weighted by molar-refractivity contribution is -0.384. The van der Waals surface area contributed by atoms with E-state index in [4.69, 9.17) is 21.8 Å². The van der Waals surface area contributed by atoms with Crippen LogP contribution >= 0.6 is 11.6 Å². The molecule has 0 amide bonds. The lowest BCUT2D eigenvalue weighted by atomic mass is 10.2. The molecule has 0 aliphatic carbocycles. The van der Waals surface area contributed by atoms with E-state index in [1.54, 1.807) is 0 Å². The largest absolute Gasteiger partial charge is 0.481 e. The summed E-state index contributed by atoms with van der Waals surface area (Å²) in [5.74, 6) is -3.24.